The number of fused-ring (bicyclic) bond motifs is 1. The summed E-state index contributed by atoms with van der Waals surface area (Å²) in [6.07, 6.45) is 6.23. The maximum Gasteiger partial charge on any atom is 0.165 e. The smallest absolute Gasteiger partial charge is 0.165 e. The number of imidazole rings is 1. The molecule has 1 fully saturated rings. The van der Waals surface area contributed by atoms with E-state index in [-0.39, 0.29) is 11.9 Å². The van der Waals surface area contributed by atoms with Gasteiger partial charge in [-0.2, -0.15) is 14.9 Å². The van der Waals surface area contributed by atoms with E-state index in [0.29, 0.717) is 39.9 Å². The Morgan fingerprint density at radius 3 is 2.62 bits per heavy atom. The number of H-pyrrole nitrogens is 1. The van der Waals surface area contributed by atoms with Crippen molar-refractivity contribution in [2.24, 2.45) is 0 Å². The number of halogens is 1. The number of rotatable bonds is 7. The normalized spacial score (nSPS) is 13.7. The lowest BCUT2D eigenvalue weighted by Gasteiger charge is -2.16. The number of ether oxygens (including phenoxy) is 3. The zero-order chi connectivity index (χ0) is 23.7. The molecule has 8 nitrogen and oxygen atoms in total. The molecule has 1 saturated carbocycles. The molecule has 174 valence electrons. The van der Waals surface area contributed by atoms with Crippen LogP contribution in [0, 0.1) is 17.1 Å². The number of methoxy groups -OCH3 is 2. The number of benzene rings is 2. The van der Waals surface area contributed by atoms with Crippen molar-refractivity contribution in [3.05, 3.63) is 54.0 Å². The molecule has 34 heavy (non-hydrogen) atoms. The quantitative estimate of drug-likeness (QED) is 0.381. The second-order valence-electron chi connectivity index (χ2n) is 8.13. The molecule has 0 spiro atoms. The molecule has 0 bridgehead atoms. The Labute approximate surface area is 195 Å². The summed E-state index contributed by atoms with van der Waals surface area (Å²) < 4.78 is 32.2. The highest BCUT2D eigenvalue weighted by molar-refractivity contribution is 5.78. The van der Waals surface area contributed by atoms with Crippen LogP contribution < -0.4 is 19.5 Å². The summed E-state index contributed by atoms with van der Waals surface area (Å²) in [5, 5.41) is 17.8. The standard InChI is InChI=1S/C25H24FN5O3/c1-32-20-10-7-15(11-22(20)34-17-5-3-4-6-17)24-18(13-27)25-28-14-23(31(25)30-24)29-16-8-9-19(26)21(12-16)33-2/h7-12,14,17,28-29H,3-6H2,1-2H3. The van der Waals surface area contributed by atoms with Gasteiger partial charge in [0.25, 0.3) is 0 Å². The molecule has 2 aromatic heterocycles. The van der Waals surface area contributed by atoms with Gasteiger partial charge < -0.3 is 24.5 Å². The third-order valence-electron chi connectivity index (χ3n) is 6.03. The number of anilines is 2. The topological polar surface area (TPSA) is 96.6 Å². The van der Waals surface area contributed by atoms with Gasteiger partial charge in [0.05, 0.1) is 20.3 Å². The summed E-state index contributed by atoms with van der Waals surface area (Å²) in [4.78, 5) is 3.11. The molecule has 0 aliphatic heterocycles. The lowest BCUT2D eigenvalue weighted by molar-refractivity contribution is 0.201. The number of hydrogen-bond acceptors (Lipinski definition) is 6. The van der Waals surface area contributed by atoms with Gasteiger partial charge in [0.2, 0.25) is 0 Å². The average Bonchev–Trinajstić information content (AvgIpc) is 3.58. The van der Waals surface area contributed by atoms with Crippen LogP contribution in [0.3, 0.4) is 0 Å². The minimum atomic E-state index is -0.449. The van der Waals surface area contributed by atoms with Crippen LogP contribution in [0.25, 0.3) is 16.9 Å². The predicted octanol–water partition coefficient (Wildman–Crippen LogP) is 5.42. The molecule has 2 heterocycles. The highest BCUT2D eigenvalue weighted by Gasteiger charge is 2.22. The van der Waals surface area contributed by atoms with Crippen LogP contribution in [-0.2, 0) is 0 Å². The summed E-state index contributed by atoms with van der Waals surface area (Å²) in [6, 6.07) is 12.3. The van der Waals surface area contributed by atoms with Gasteiger partial charge in [-0.25, -0.2) is 4.39 Å². The fourth-order valence-corrected chi connectivity index (χ4v) is 4.31. The number of hydrogen-bond donors (Lipinski definition) is 2. The van der Waals surface area contributed by atoms with Crippen molar-refractivity contribution in [3.8, 4) is 34.6 Å². The third kappa shape index (κ3) is 3.88. The van der Waals surface area contributed by atoms with Crippen molar-refractivity contribution in [1.82, 2.24) is 14.6 Å². The molecular formula is C25H24FN5O3. The van der Waals surface area contributed by atoms with Crippen molar-refractivity contribution in [2.45, 2.75) is 31.8 Å². The zero-order valence-corrected chi connectivity index (χ0v) is 18.9. The first-order valence-electron chi connectivity index (χ1n) is 11.1. The lowest BCUT2D eigenvalue weighted by atomic mass is 10.1. The van der Waals surface area contributed by atoms with Crippen LogP contribution in [-0.4, -0.2) is 34.9 Å². The minimum absolute atomic E-state index is 0.128. The highest BCUT2D eigenvalue weighted by atomic mass is 19.1. The summed E-state index contributed by atoms with van der Waals surface area (Å²) in [5.74, 6) is 1.55. The number of nitrogens with one attached hydrogen (secondary N) is 2. The maximum atomic E-state index is 13.8. The molecule has 0 unspecified atom stereocenters. The van der Waals surface area contributed by atoms with Crippen molar-refractivity contribution in [1.29, 1.82) is 5.26 Å². The second kappa shape index (κ2) is 8.98. The van der Waals surface area contributed by atoms with E-state index in [0.717, 1.165) is 31.2 Å². The summed E-state index contributed by atoms with van der Waals surface area (Å²) in [6.45, 7) is 0. The average molecular weight is 461 g/mol. The first-order chi connectivity index (χ1) is 16.6. The monoisotopic (exact) mass is 461 g/mol. The SMILES string of the molecule is COc1cc(Nc2c[nH]c3c(C#N)c(-c4ccc(OC)c(OC5CCCC5)c4)nn23)ccc1F. The number of aromatic nitrogens is 3. The molecule has 0 saturated heterocycles. The van der Waals surface area contributed by atoms with Gasteiger partial charge in [0.1, 0.15) is 17.3 Å². The van der Waals surface area contributed by atoms with Gasteiger partial charge in [-0.05, 0) is 56.0 Å². The second-order valence-corrected chi connectivity index (χ2v) is 8.13. The van der Waals surface area contributed by atoms with E-state index in [1.165, 1.54) is 13.2 Å². The van der Waals surface area contributed by atoms with Crippen LogP contribution in [0.1, 0.15) is 31.2 Å². The molecule has 0 amide bonds. The van der Waals surface area contributed by atoms with E-state index in [1.807, 2.05) is 18.2 Å². The first kappa shape index (κ1) is 21.6. The van der Waals surface area contributed by atoms with Gasteiger partial charge in [-0.3, -0.25) is 0 Å². The van der Waals surface area contributed by atoms with Crippen LogP contribution in [0.5, 0.6) is 17.2 Å². The summed E-state index contributed by atoms with van der Waals surface area (Å²) in [7, 11) is 3.02. The Hall–Kier alpha value is -4.19. The van der Waals surface area contributed by atoms with Crippen LogP contribution in [0.4, 0.5) is 15.9 Å². The van der Waals surface area contributed by atoms with E-state index in [1.54, 1.807) is 30.0 Å². The van der Waals surface area contributed by atoms with Crippen LogP contribution in [0.15, 0.2) is 42.6 Å². The Kier molecular flexibility index (Phi) is 5.72. The van der Waals surface area contributed by atoms with E-state index in [9.17, 15) is 9.65 Å². The molecule has 2 aromatic carbocycles. The fraction of sp³-hybridized carbons (Fsp3) is 0.280. The number of aromatic amines is 1. The Bertz CT molecular complexity index is 1380. The maximum absolute atomic E-state index is 13.8. The van der Waals surface area contributed by atoms with Gasteiger partial charge in [0.15, 0.2) is 34.5 Å². The van der Waals surface area contributed by atoms with Gasteiger partial charge in [-0.15, -0.1) is 0 Å². The molecular weight excluding hydrogens is 437 g/mol. The van der Waals surface area contributed by atoms with Crippen molar-refractivity contribution in [2.75, 3.05) is 19.5 Å². The molecule has 0 atom stereocenters. The van der Waals surface area contributed by atoms with E-state index in [2.05, 4.69) is 16.4 Å². The van der Waals surface area contributed by atoms with Crippen molar-refractivity contribution >= 4 is 17.2 Å². The molecule has 0 radical (unpaired) electrons. The van der Waals surface area contributed by atoms with Gasteiger partial charge in [0, 0.05) is 23.5 Å². The van der Waals surface area contributed by atoms with E-state index >= 15 is 0 Å². The molecule has 9 heteroatoms. The Morgan fingerprint density at radius 1 is 1.09 bits per heavy atom. The van der Waals surface area contributed by atoms with Gasteiger partial charge in [-0.1, -0.05) is 0 Å². The first-order valence-corrected chi connectivity index (χ1v) is 11.1. The van der Waals surface area contributed by atoms with Crippen LogP contribution >= 0.6 is 0 Å². The highest BCUT2D eigenvalue weighted by Crippen LogP contribution is 2.37. The molecule has 4 aromatic rings. The van der Waals surface area contributed by atoms with Gasteiger partial charge >= 0.3 is 0 Å². The summed E-state index contributed by atoms with van der Waals surface area (Å²) >= 11 is 0. The zero-order valence-electron chi connectivity index (χ0n) is 18.9. The minimum Gasteiger partial charge on any atom is -0.494 e. The molecule has 1 aliphatic carbocycles. The fourth-order valence-electron chi connectivity index (χ4n) is 4.31. The van der Waals surface area contributed by atoms with E-state index in [4.69, 9.17) is 19.3 Å². The molecule has 1 aliphatic rings. The van der Waals surface area contributed by atoms with Crippen LogP contribution in [0.2, 0.25) is 0 Å². The Morgan fingerprint density at radius 2 is 1.88 bits per heavy atom. The van der Waals surface area contributed by atoms with Crippen molar-refractivity contribution in [3.63, 3.8) is 0 Å². The largest absolute Gasteiger partial charge is 0.494 e. The summed E-state index contributed by atoms with van der Waals surface area (Å²) in [5.41, 5.74) is 2.83. The number of nitrogens with zero attached hydrogens (tertiary/aromatic N) is 3. The van der Waals surface area contributed by atoms with Crippen molar-refractivity contribution < 1.29 is 18.6 Å². The number of nitriles is 1. The predicted molar refractivity (Wildman–Crippen MR) is 125 cm³/mol. The molecule has 5 rings (SSSR count). The molecule has 2 N–H and O–H groups in total. The third-order valence-corrected chi connectivity index (χ3v) is 6.03. The Balaban J connectivity index is 1.52. The van der Waals surface area contributed by atoms with E-state index < -0.39 is 5.82 Å². The lowest BCUT2D eigenvalue weighted by Crippen LogP contribution is -2.11.